The lowest BCUT2D eigenvalue weighted by atomic mass is 9.59. The summed E-state index contributed by atoms with van der Waals surface area (Å²) >= 11 is 0. The first-order valence-electron chi connectivity index (χ1n) is 11.3. The first-order chi connectivity index (χ1) is 16.1. The largest absolute Gasteiger partial charge is 0.497 e. The van der Waals surface area contributed by atoms with Gasteiger partial charge in [-0.1, -0.05) is 60.7 Å². The van der Waals surface area contributed by atoms with E-state index in [1.54, 1.807) is 31.4 Å². The summed E-state index contributed by atoms with van der Waals surface area (Å²) in [4.78, 5) is 27.0. The Morgan fingerprint density at radius 2 is 1.61 bits per heavy atom. The molecule has 5 heteroatoms. The molecule has 1 aliphatic rings. The molecule has 3 unspecified atom stereocenters. The van der Waals surface area contributed by atoms with Crippen LogP contribution in [0.25, 0.3) is 0 Å². The summed E-state index contributed by atoms with van der Waals surface area (Å²) in [7, 11) is 1.59. The Hall–Kier alpha value is -3.44. The van der Waals surface area contributed by atoms with Crippen molar-refractivity contribution < 1.29 is 14.3 Å². The van der Waals surface area contributed by atoms with E-state index in [1.807, 2.05) is 48.5 Å². The highest BCUT2D eigenvalue weighted by Gasteiger charge is 2.51. The molecule has 3 aromatic rings. The highest BCUT2D eigenvalue weighted by molar-refractivity contribution is 6.02. The van der Waals surface area contributed by atoms with Gasteiger partial charge in [0.15, 0.2) is 5.78 Å². The van der Waals surface area contributed by atoms with Crippen LogP contribution in [0.1, 0.15) is 40.2 Å². The molecular weight excluding hydrogens is 412 g/mol. The second-order valence-corrected chi connectivity index (χ2v) is 8.65. The van der Waals surface area contributed by atoms with Crippen LogP contribution in [0.4, 0.5) is 0 Å². The number of nitrogens with two attached hydrogens (primary N) is 1. The van der Waals surface area contributed by atoms with Gasteiger partial charge in [0.2, 0.25) is 5.91 Å². The number of Topliss-reactive ketones (excluding diaryl/α,β-unsaturated/α-hetero) is 1. The van der Waals surface area contributed by atoms with Gasteiger partial charge in [-0.3, -0.25) is 9.59 Å². The SMILES string of the molecule is COc1ccc(C(=O)CC(C(N)=O)(c2ccccc2)C2CCNCC2c2ccccc2)cc1. The molecule has 1 heterocycles. The lowest BCUT2D eigenvalue weighted by molar-refractivity contribution is -0.126. The molecule has 0 aromatic heterocycles. The maximum atomic E-state index is 13.6. The summed E-state index contributed by atoms with van der Waals surface area (Å²) in [6.45, 7) is 1.50. The molecule has 33 heavy (non-hydrogen) atoms. The van der Waals surface area contributed by atoms with Crippen LogP contribution in [-0.4, -0.2) is 31.9 Å². The van der Waals surface area contributed by atoms with Crippen LogP contribution in [0.3, 0.4) is 0 Å². The zero-order valence-electron chi connectivity index (χ0n) is 18.9. The predicted octanol–water partition coefficient (Wildman–Crippen LogP) is 4.08. The number of nitrogens with one attached hydrogen (secondary N) is 1. The minimum absolute atomic E-state index is 0.0205. The Morgan fingerprint density at radius 1 is 0.970 bits per heavy atom. The van der Waals surface area contributed by atoms with Crippen LogP contribution >= 0.6 is 0 Å². The van der Waals surface area contributed by atoms with Crippen molar-refractivity contribution >= 4 is 11.7 Å². The molecule has 1 aliphatic heterocycles. The number of ketones is 1. The van der Waals surface area contributed by atoms with Gasteiger partial charge in [0.05, 0.1) is 12.5 Å². The van der Waals surface area contributed by atoms with Crippen molar-refractivity contribution in [1.29, 1.82) is 0 Å². The quantitative estimate of drug-likeness (QED) is 0.515. The number of benzene rings is 3. The number of carbonyl (C=O) groups excluding carboxylic acids is 2. The molecule has 3 N–H and O–H groups in total. The maximum Gasteiger partial charge on any atom is 0.228 e. The average molecular weight is 443 g/mol. The van der Waals surface area contributed by atoms with Crippen LogP contribution in [0.15, 0.2) is 84.9 Å². The summed E-state index contributed by atoms with van der Waals surface area (Å²) in [5.41, 5.74) is 7.58. The molecule has 0 bridgehead atoms. The van der Waals surface area contributed by atoms with Crippen LogP contribution < -0.4 is 15.8 Å². The summed E-state index contributed by atoms with van der Waals surface area (Å²) in [6, 6.07) is 26.8. The molecule has 1 fully saturated rings. The molecule has 5 nitrogen and oxygen atoms in total. The molecule has 0 radical (unpaired) electrons. The predicted molar refractivity (Wildman–Crippen MR) is 129 cm³/mol. The van der Waals surface area contributed by atoms with Gasteiger partial charge in [-0.25, -0.2) is 0 Å². The van der Waals surface area contributed by atoms with E-state index in [0.29, 0.717) is 11.3 Å². The van der Waals surface area contributed by atoms with Gasteiger partial charge < -0.3 is 15.8 Å². The Balaban J connectivity index is 1.81. The van der Waals surface area contributed by atoms with Gasteiger partial charge in [0.25, 0.3) is 0 Å². The summed E-state index contributed by atoms with van der Waals surface area (Å²) in [5, 5.41) is 3.47. The highest BCUT2D eigenvalue weighted by Crippen LogP contribution is 2.47. The average Bonchev–Trinajstić information content (AvgIpc) is 2.88. The second-order valence-electron chi connectivity index (χ2n) is 8.65. The third kappa shape index (κ3) is 4.55. The van der Waals surface area contributed by atoms with E-state index < -0.39 is 11.3 Å². The Labute approximate surface area is 195 Å². The maximum absolute atomic E-state index is 13.6. The van der Waals surface area contributed by atoms with Crippen molar-refractivity contribution in [2.24, 2.45) is 11.7 Å². The first-order valence-corrected chi connectivity index (χ1v) is 11.3. The van der Waals surface area contributed by atoms with Crippen molar-refractivity contribution in [2.75, 3.05) is 20.2 Å². The monoisotopic (exact) mass is 442 g/mol. The van der Waals surface area contributed by atoms with Crippen LogP contribution in [-0.2, 0) is 10.2 Å². The number of primary amides is 1. The summed E-state index contributed by atoms with van der Waals surface area (Å²) < 4.78 is 5.22. The number of carbonyl (C=O) groups is 2. The van der Waals surface area contributed by atoms with E-state index in [-0.39, 0.29) is 24.0 Å². The minimum Gasteiger partial charge on any atom is -0.497 e. The topological polar surface area (TPSA) is 81.4 Å². The number of amides is 1. The number of rotatable bonds is 8. The Morgan fingerprint density at radius 3 is 2.21 bits per heavy atom. The fourth-order valence-electron chi connectivity index (χ4n) is 5.23. The van der Waals surface area contributed by atoms with Crippen LogP contribution in [0.5, 0.6) is 5.75 Å². The molecule has 1 saturated heterocycles. The van der Waals surface area contributed by atoms with E-state index >= 15 is 0 Å². The Kier molecular flexibility index (Phi) is 6.90. The smallest absolute Gasteiger partial charge is 0.228 e. The fourth-order valence-corrected chi connectivity index (χ4v) is 5.23. The molecule has 0 saturated carbocycles. The van der Waals surface area contributed by atoms with E-state index in [4.69, 9.17) is 10.5 Å². The van der Waals surface area contributed by atoms with Crippen LogP contribution in [0, 0.1) is 5.92 Å². The van der Waals surface area contributed by atoms with Crippen molar-refractivity contribution in [3.63, 3.8) is 0 Å². The third-order valence-corrected chi connectivity index (χ3v) is 6.92. The molecule has 3 aromatic carbocycles. The first kappa shape index (κ1) is 22.7. The number of piperidine rings is 1. The number of hydrogen-bond acceptors (Lipinski definition) is 4. The van der Waals surface area contributed by atoms with Crippen molar-refractivity contribution in [3.05, 3.63) is 102 Å². The lowest BCUT2D eigenvalue weighted by Crippen LogP contribution is -2.54. The summed E-state index contributed by atoms with van der Waals surface area (Å²) in [6.07, 6.45) is 0.764. The van der Waals surface area contributed by atoms with E-state index in [0.717, 1.165) is 30.6 Å². The van der Waals surface area contributed by atoms with E-state index in [2.05, 4.69) is 17.4 Å². The van der Waals surface area contributed by atoms with Gasteiger partial charge in [-0.2, -0.15) is 0 Å². The molecule has 0 aliphatic carbocycles. The highest BCUT2D eigenvalue weighted by atomic mass is 16.5. The number of methoxy groups -OCH3 is 1. The van der Waals surface area contributed by atoms with Crippen molar-refractivity contribution in [1.82, 2.24) is 5.32 Å². The van der Waals surface area contributed by atoms with E-state index in [1.165, 1.54) is 0 Å². The number of hydrogen-bond donors (Lipinski definition) is 2. The zero-order chi connectivity index (χ0) is 23.3. The van der Waals surface area contributed by atoms with Gasteiger partial charge in [0.1, 0.15) is 5.75 Å². The molecular formula is C28H30N2O3. The molecule has 4 rings (SSSR count). The second kappa shape index (κ2) is 10.0. The van der Waals surface area contributed by atoms with Crippen molar-refractivity contribution in [3.8, 4) is 5.75 Å². The third-order valence-electron chi connectivity index (χ3n) is 6.92. The van der Waals surface area contributed by atoms with Crippen molar-refractivity contribution in [2.45, 2.75) is 24.2 Å². The molecule has 170 valence electrons. The molecule has 0 spiro atoms. The normalized spacial score (nSPS) is 19.9. The lowest BCUT2D eigenvalue weighted by Gasteiger charge is -2.45. The zero-order valence-corrected chi connectivity index (χ0v) is 18.9. The molecule has 1 amide bonds. The molecule has 3 atom stereocenters. The van der Waals surface area contributed by atoms with Gasteiger partial charge >= 0.3 is 0 Å². The standard InChI is InChI=1S/C28H30N2O3/c1-33-23-14-12-21(13-15-23)26(31)18-28(27(29)32,22-10-6-3-7-11-22)25-16-17-30-19-24(25)20-8-4-2-5-9-20/h2-15,24-25,30H,16-19H2,1H3,(H2,29,32). The van der Waals surface area contributed by atoms with E-state index in [9.17, 15) is 9.59 Å². The van der Waals surface area contributed by atoms with Gasteiger partial charge in [-0.15, -0.1) is 0 Å². The van der Waals surface area contributed by atoms with Crippen LogP contribution in [0.2, 0.25) is 0 Å². The van der Waals surface area contributed by atoms with Gasteiger partial charge in [0, 0.05) is 24.4 Å². The minimum atomic E-state index is -1.12. The Bertz CT molecular complexity index is 1080. The fraction of sp³-hybridized carbons (Fsp3) is 0.286. The number of ether oxygens (including phenoxy) is 1. The summed E-state index contributed by atoms with van der Waals surface area (Å²) in [5.74, 6) is 0.0480. The van der Waals surface area contributed by atoms with Gasteiger partial charge in [-0.05, 0) is 54.3 Å².